The number of amides is 2. The number of halogens is 1. The molecule has 2 N–H and O–H groups in total. The molecule has 3 aromatic rings. The normalized spacial score (nSPS) is 10.6. The van der Waals surface area contributed by atoms with Gasteiger partial charge in [-0.15, -0.1) is 0 Å². The standard InChI is InChI=1S/C21H16ClN3O5/c1-29-21(28)13-5-7-16(8-6-13)24-19(26)20(27)25-23-12-17-9-10-18(30-17)14-3-2-4-15(22)11-14/h2-12H,1H3,(H,24,26)(H,25,27)/b23-12-. The van der Waals surface area contributed by atoms with Gasteiger partial charge in [0.1, 0.15) is 11.5 Å². The van der Waals surface area contributed by atoms with Crippen molar-refractivity contribution < 1.29 is 23.5 Å². The zero-order valence-corrected chi connectivity index (χ0v) is 16.5. The van der Waals surface area contributed by atoms with Gasteiger partial charge >= 0.3 is 17.8 Å². The highest BCUT2D eigenvalue weighted by Gasteiger charge is 2.13. The molecule has 0 saturated carbocycles. The van der Waals surface area contributed by atoms with Gasteiger partial charge in [0, 0.05) is 16.3 Å². The summed E-state index contributed by atoms with van der Waals surface area (Å²) in [6.45, 7) is 0. The number of nitrogens with zero attached hydrogens (tertiary/aromatic N) is 1. The third-order valence-electron chi connectivity index (χ3n) is 3.86. The number of esters is 1. The molecule has 0 bridgehead atoms. The van der Waals surface area contributed by atoms with Crippen LogP contribution in [0.25, 0.3) is 11.3 Å². The fourth-order valence-electron chi connectivity index (χ4n) is 2.42. The Kier molecular flexibility index (Phi) is 6.61. The lowest BCUT2D eigenvalue weighted by Gasteiger charge is -2.04. The Bertz CT molecular complexity index is 1110. The lowest BCUT2D eigenvalue weighted by atomic mass is 10.2. The molecule has 8 nitrogen and oxygen atoms in total. The minimum atomic E-state index is -0.968. The smallest absolute Gasteiger partial charge is 0.337 e. The number of benzene rings is 2. The molecule has 0 saturated heterocycles. The SMILES string of the molecule is COC(=O)c1ccc(NC(=O)C(=O)N/N=C\c2ccc(-c3cccc(Cl)c3)o2)cc1. The molecule has 3 rings (SSSR count). The molecule has 152 valence electrons. The summed E-state index contributed by atoms with van der Waals surface area (Å²) in [5.41, 5.74) is 3.56. The van der Waals surface area contributed by atoms with Gasteiger partial charge < -0.3 is 14.5 Å². The molecule has 2 aromatic carbocycles. The average molecular weight is 426 g/mol. The molecule has 0 aliphatic carbocycles. The summed E-state index contributed by atoms with van der Waals surface area (Å²) in [5.74, 6) is -1.43. The molecule has 1 heterocycles. The lowest BCUT2D eigenvalue weighted by molar-refractivity contribution is -0.136. The predicted octanol–water partition coefficient (Wildman–Crippen LogP) is 3.48. The van der Waals surface area contributed by atoms with Crippen LogP contribution in [-0.2, 0) is 14.3 Å². The maximum absolute atomic E-state index is 11.9. The number of methoxy groups -OCH3 is 1. The molecular weight excluding hydrogens is 410 g/mol. The Morgan fingerprint density at radius 2 is 1.80 bits per heavy atom. The van der Waals surface area contributed by atoms with E-state index in [0.29, 0.717) is 27.8 Å². The fourth-order valence-corrected chi connectivity index (χ4v) is 2.61. The van der Waals surface area contributed by atoms with Crippen LogP contribution in [0, 0.1) is 0 Å². The molecule has 0 radical (unpaired) electrons. The van der Waals surface area contributed by atoms with Gasteiger partial charge in [-0.2, -0.15) is 5.10 Å². The number of hydrogen-bond acceptors (Lipinski definition) is 6. The maximum atomic E-state index is 11.9. The van der Waals surface area contributed by atoms with Crippen molar-refractivity contribution >= 4 is 41.3 Å². The largest absolute Gasteiger partial charge is 0.465 e. The second kappa shape index (κ2) is 9.53. The van der Waals surface area contributed by atoms with Gasteiger partial charge in [0.25, 0.3) is 0 Å². The summed E-state index contributed by atoms with van der Waals surface area (Å²) in [6.07, 6.45) is 1.27. The first kappa shape index (κ1) is 20.8. The molecule has 30 heavy (non-hydrogen) atoms. The van der Waals surface area contributed by atoms with E-state index in [-0.39, 0.29) is 0 Å². The van der Waals surface area contributed by atoms with Crippen molar-refractivity contribution in [3.8, 4) is 11.3 Å². The van der Waals surface area contributed by atoms with E-state index in [1.807, 2.05) is 6.07 Å². The summed E-state index contributed by atoms with van der Waals surface area (Å²) in [5, 5.41) is 6.68. The fraction of sp³-hybridized carbons (Fsp3) is 0.0476. The molecule has 1 aromatic heterocycles. The van der Waals surface area contributed by atoms with Gasteiger partial charge in [-0.3, -0.25) is 9.59 Å². The Morgan fingerprint density at radius 1 is 1.03 bits per heavy atom. The van der Waals surface area contributed by atoms with Crippen molar-refractivity contribution in [2.45, 2.75) is 0 Å². The quantitative estimate of drug-likeness (QED) is 0.281. The Labute approximate surface area is 176 Å². The summed E-state index contributed by atoms with van der Waals surface area (Å²) in [6, 6.07) is 16.4. The van der Waals surface area contributed by atoms with Crippen LogP contribution in [0.2, 0.25) is 5.02 Å². The summed E-state index contributed by atoms with van der Waals surface area (Å²) >= 11 is 5.96. The van der Waals surface area contributed by atoms with Crippen molar-refractivity contribution in [2.75, 3.05) is 12.4 Å². The van der Waals surface area contributed by atoms with E-state index < -0.39 is 17.8 Å². The molecule has 0 aliphatic rings. The van der Waals surface area contributed by atoms with Crippen LogP contribution in [0.3, 0.4) is 0 Å². The monoisotopic (exact) mass is 425 g/mol. The molecule has 0 atom stereocenters. The Morgan fingerprint density at radius 3 is 2.50 bits per heavy atom. The van der Waals surface area contributed by atoms with Crippen LogP contribution in [-0.4, -0.2) is 31.1 Å². The summed E-state index contributed by atoms with van der Waals surface area (Å²) < 4.78 is 10.2. The Balaban J connectivity index is 1.54. The number of carbonyl (C=O) groups excluding carboxylic acids is 3. The number of ether oxygens (including phenoxy) is 1. The first-order valence-corrected chi connectivity index (χ1v) is 9.02. The van der Waals surface area contributed by atoms with Gasteiger partial charge in [0.05, 0.1) is 18.9 Å². The van der Waals surface area contributed by atoms with Crippen molar-refractivity contribution in [3.05, 3.63) is 77.0 Å². The third-order valence-corrected chi connectivity index (χ3v) is 4.10. The third kappa shape index (κ3) is 5.33. The topological polar surface area (TPSA) is 110 Å². The van der Waals surface area contributed by atoms with Gasteiger partial charge in [-0.1, -0.05) is 23.7 Å². The van der Waals surface area contributed by atoms with E-state index in [2.05, 4.69) is 20.6 Å². The minimum Gasteiger partial charge on any atom is -0.465 e. The van der Waals surface area contributed by atoms with Crippen molar-refractivity contribution in [2.24, 2.45) is 5.10 Å². The second-order valence-corrected chi connectivity index (χ2v) is 6.37. The Hall–Kier alpha value is -3.91. The van der Waals surface area contributed by atoms with Crippen LogP contribution in [0.5, 0.6) is 0 Å². The lowest BCUT2D eigenvalue weighted by Crippen LogP contribution is -2.32. The van der Waals surface area contributed by atoms with Crippen molar-refractivity contribution in [1.82, 2.24) is 5.43 Å². The number of hydrazone groups is 1. The highest BCUT2D eigenvalue weighted by Crippen LogP contribution is 2.24. The number of nitrogens with one attached hydrogen (secondary N) is 2. The van der Waals surface area contributed by atoms with Crippen molar-refractivity contribution in [3.63, 3.8) is 0 Å². The number of furan rings is 1. The first-order valence-electron chi connectivity index (χ1n) is 8.65. The number of anilines is 1. The van der Waals surface area contributed by atoms with Crippen LogP contribution in [0.4, 0.5) is 5.69 Å². The van der Waals surface area contributed by atoms with E-state index >= 15 is 0 Å². The zero-order valence-electron chi connectivity index (χ0n) is 15.7. The van der Waals surface area contributed by atoms with E-state index in [9.17, 15) is 14.4 Å². The van der Waals surface area contributed by atoms with E-state index in [1.54, 1.807) is 30.3 Å². The van der Waals surface area contributed by atoms with Gasteiger partial charge in [0.15, 0.2) is 0 Å². The molecule has 0 fully saturated rings. The molecule has 2 amide bonds. The molecule has 9 heteroatoms. The highest BCUT2D eigenvalue weighted by atomic mass is 35.5. The van der Waals surface area contributed by atoms with Gasteiger partial charge in [-0.05, 0) is 48.5 Å². The van der Waals surface area contributed by atoms with E-state index in [0.717, 1.165) is 5.56 Å². The number of hydrogen-bond donors (Lipinski definition) is 2. The van der Waals surface area contributed by atoms with Crippen LogP contribution < -0.4 is 10.7 Å². The number of rotatable bonds is 5. The van der Waals surface area contributed by atoms with E-state index in [1.165, 1.54) is 37.6 Å². The van der Waals surface area contributed by atoms with Gasteiger partial charge in [-0.25, -0.2) is 10.2 Å². The number of carbonyl (C=O) groups is 3. The highest BCUT2D eigenvalue weighted by molar-refractivity contribution is 6.39. The molecule has 0 aliphatic heterocycles. The van der Waals surface area contributed by atoms with Gasteiger partial charge in [0.2, 0.25) is 0 Å². The molecule has 0 unspecified atom stereocenters. The minimum absolute atomic E-state index is 0.320. The zero-order chi connectivity index (χ0) is 21.5. The van der Waals surface area contributed by atoms with Crippen LogP contribution in [0.15, 0.2) is 70.2 Å². The van der Waals surface area contributed by atoms with Crippen LogP contribution >= 0.6 is 11.6 Å². The molecule has 0 spiro atoms. The summed E-state index contributed by atoms with van der Waals surface area (Å²) in [7, 11) is 1.27. The predicted molar refractivity (Wildman–Crippen MR) is 111 cm³/mol. The van der Waals surface area contributed by atoms with Crippen molar-refractivity contribution in [1.29, 1.82) is 0 Å². The van der Waals surface area contributed by atoms with E-state index in [4.69, 9.17) is 16.0 Å². The summed E-state index contributed by atoms with van der Waals surface area (Å²) in [4.78, 5) is 35.2. The second-order valence-electron chi connectivity index (χ2n) is 5.93. The first-order chi connectivity index (χ1) is 14.5. The maximum Gasteiger partial charge on any atom is 0.337 e. The van der Waals surface area contributed by atoms with Crippen LogP contribution in [0.1, 0.15) is 16.1 Å². The average Bonchev–Trinajstić information content (AvgIpc) is 3.22. The molecular formula is C21H16ClN3O5.